The van der Waals surface area contributed by atoms with Gasteiger partial charge in [-0.25, -0.2) is 13.2 Å². The third-order valence-corrected chi connectivity index (χ3v) is 4.13. The Hall–Kier alpha value is -1.78. The van der Waals surface area contributed by atoms with E-state index in [2.05, 4.69) is 15.7 Å². The summed E-state index contributed by atoms with van der Waals surface area (Å²) in [6, 6.07) is 0.832. The van der Waals surface area contributed by atoms with E-state index >= 15 is 0 Å². The van der Waals surface area contributed by atoms with Gasteiger partial charge in [0.15, 0.2) is 0 Å². The first-order valence-electron chi connectivity index (χ1n) is 6.43. The molecule has 1 rings (SSSR count). The smallest absolute Gasteiger partial charge is 0.337 e. The number of hydrogen-bond donors (Lipinski definition) is 2. The van der Waals surface area contributed by atoms with Crippen molar-refractivity contribution in [3.05, 3.63) is 11.8 Å². The van der Waals surface area contributed by atoms with Crippen molar-refractivity contribution in [1.82, 2.24) is 15.1 Å². The molecule has 0 fully saturated rings. The Bertz CT molecular complexity index is 625. The summed E-state index contributed by atoms with van der Waals surface area (Å²) in [5, 5.41) is 8.58. The number of aromatic nitrogens is 2. The van der Waals surface area contributed by atoms with Crippen LogP contribution in [0.15, 0.2) is 6.07 Å². The SMILES string of the molecule is CCCc1cc(NC(=O)NCCS(=O)(=O)C(F)(F)F)n(C)n1. The van der Waals surface area contributed by atoms with E-state index in [1.807, 2.05) is 6.92 Å². The van der Waals surface area contributed by atoms with E-state index in [1.54, 1.807) is 13.1 Å². The van der Waals surface area contributed by atoms with Gasteiger partial charge in [0.05, 0.1) is 11.4 Å². The summed E-state index contributed by atoms with van der Waals surface area (Å²) in [7, 11) is -3.64. The summed E-state index contributed by atoms with van der Waals surface area (Å²) < 4.78 is 59.3. The number of aryl methyl sites for hydroxylation is 2. The standard InChI is InChI=1S/C11H17F3N4O3S/c1-3-4-8-7-9(18(2)17-8)16-10(19)15-5-6-22(20,21)11(12,13)14/h7H,3-6H2,1-2H3,(H2,15,16,19). The number of alkyl halides is 3. The normalized spacial score (nSPS) is 12.2. The molecule has 0 bridgehead atoms. The highest BCUT2D eigenvalue weighted by Gasteiger charge is 2.44. The van der Waals surface area contributed by atoms with E-state index < -0.39 is 33.7 Å². The first-order chi connectivity index (χ1) is 10.1. The number of carbonyl (C=O) groups is 1. The number of amides is 2. The van der Waals surface area contributed by atoms with Gasteiger partial charge in [-0.15, -0.1) is 0 Å². The zero-order valence-corrected chi connectivity index (χ0v) is 12.9. The molecule has 1 heterocycles. The second-order valence-electron chi connectivity index (χ2n) is 4.54. The first kappa shape index (κ1) is 18.3. The van der Waals surface area contributed by atoms with E-state index in [9.17, 15) is 26.4 Å². The summed E-state index contributed by atoms with van der Waals surface area (Å²) in [5.74, 6) is -0.851. The van der Waals surface area contributed by atoms with Crippen molar-refractivity contribution >= 4 is 21.7 Å². The van der Waals surface area contributed by atoms with Crippen LogP contribution in [0.25, 0.3) is 0 Å². The molecule has 0 unspecified atom stereocenters. The number of anilines is 1. The third kappa shape index (κ3) is 4.90. The summed E-state index contributed by atoms with van der Waals surface area (Å²) >= 11 is 0. The van der Waals surface area contributed by atoms with Crippen LogP contribution in [0.2, 0.25) is 0 Å². The lowest BCUT2D eigenvalue weighted by molar-refractivity contribution is -0.0435. The highest BCUT2D eigenvalue weighted by Crippen LogP contribution is 2.23. The van der Waals surface area contributed by atoms with Gasteiger partial charge in [-0.1, -0.05) is 13.3 Å². The Balaban J connectivity index is 2.51. The Morgan fingerprint density at radius 1 is 1.41 bits per heavy atom. The maximum absolute atomic E-state index is 12.1. The Labute approximate surface area is 125 Å². The van der Waals surface area contributed by atoms with Gasteiger partial charge in [0, 0.05) is 19.7 Å². The van der Waals surface area contributed by atoms with Crippen LogP contribution in [0, 0.1) is 0 Å². The molecule has 0 radical (unpaired) electrons. The predicted molar refractivity (Wildman–Crippen MR) is 74.1 cm³/mol. The van der Waals surface area contributed by atoms with Crippen LogP contribution in [0.1, 0.15) is 19.0 Å². The lowest BCUT2D eigenvalue weighted by atomic mass is 10.2. The van der Waals surface area contributed by atoms with Gasteiger partial charge in [0.25, 0.3) is 0 Å². The number of hydrogen-bond acceptors (Lipinski definition) is 4. The largest absolute Gasteiger partial charge is 0.497 e. The minimum absolute atomic E-state index is 0.361. The average molecular weight is 342 g/mol. The number of nitrogens with one attached hydrogen (secondary N) is 2. The summed E-state index contributed by atoms with van der Waals surface area (Å²) in [6.07, 6.45) is 1.60. The third-order valence-electron chi connectivity index (χ3n) is 2.69. The number of rotatable bonds is 6. The van der Waals surface area contributed by atoms with E-state index in [-0.39, 0.29) is 0 Å². The van der Waals surface area contributed by atoms with Gasteiger partial charge in [0.1, 0.15) is 5.82 Å². The molecule has 22 heavy (non-hydrogen) atoms. The number of urea groups is 1. The van der Waals surface area contributed by atoms with Crippen molar-refractivity contribution in [2.24, 2.45) is 7.05 Å². The molecular weight excluding hydrogens is 325 g/mol. The summed E-state index contributed by atoms with van der Waals surface area (Å²) in [5.41, 5.74) is -4.55. The summed E-state index contributed by atoms with van der Waals surface area (Å²) in [4.78, 5) is 11.5. The second kappa shape index (κ2) is 6.99. The fourth-order valence-electron chi connectivity index (χ4n) is 1.60. The van der Waals surface area contributed by atoms with Crippen LogP contribution in [0.5, 0.6) is 0 Å². The molecule has 7 nitrogen and oxygen atoms in total. The Morgan fingerprint density at radius 2 is 2.05 bits per heavy atom. The fraction of sp³-hybridized carbons (Fsp3) is 0.636. The minimum atomic E-state index is -5.32. The van der Waals surface area contributed by atoms with Gasteiger partial charge in [-0.05, 0) is 6.42 Å². The zero-order valence-electron chi connectivity index (χ0n) is 12.1. The predicted octanol–water partition coefficient (Wildman–Crippen LogP) is 1.43. The molecule has 126 valence electrons. The van der Waals surface area contributed by atoms with Crippen molar-refractivity contribution in [2.45, 2.75) is 25.3 Å². The molecule has 2 N–H and O–H groups in total. The highest BCUT2D eigenvalue weighted by molar-refractivity contribution is 7.92. The average Bonchev–Trinajstić information content (AvgIpc) is 2.68. The quantitative estimate of drug-likeness (QED) is 0.818. The minimum Gasteiger partial charge on any atom is -0.337 e. The van der Waals surface area contributed by atoms with E-state index in [4.69, 9.17) is 0 Å². The number of carbonyl (C=O) groups excluding carboxylic acids is 1. The molecule has 0 aliphatic heterocycles. The van der Waals surface area contributed by atoms with Crippen LogP contribution in [0.4, 0.5) is 23.8 Å². The Kier molecular flexibility index (Phi) is 5.80. The number of nitrogens with zero attached hydrogens (tertiary/aromatic N) is 2. The van der Waals surface area contributed by atoms with Crippen LogP contribution in [-0.2, 0) is 23.3 Å². The molecule has 0 aromatic carbocycles. The first-order valence-corrected chi connectivity index (χ1v) is 8.09. The lowest BCUT2D eigenvalue weighted by Crippen LogP contribution is -2.36. The van der Waals surface area contributed by atoms with Crippen molar-refractivity contribution in [1.29, 1.82) is 0 Å². The van der Waals surface area contributed by atoms with Gasteiger partial charge in [0.2, 0.25) is 9.84 Å². The van der Waals surface area contributed by atoms with Crippen molar-refractivity contribution < 1.29 is 26.4 Å². The lowest BCUT2D eigenvalue weighted by Gasteiger charge is -2.09. The maximum atomic E-state index is 12.1. The number of sulfone groups is 1. The topological polar surface area (TPSA) is 93.1 Å². The number of halogens is 3. The van der Waals surface area contributed by atoms with Crippen LogP contribution < -0.4 is 10.6 Å². The maximum Gasteiger partial charge on any atom is 0.497 e. The molecule has 11 heteroatoms. The second-order valence-corrected chi connectivity index (χ2v) is 6.64. The molecule has 2 amide bonds. The molecule has 0 spiro atoms. The fourth-order valence-corrected chi connectivity index (χ4v) is 2.20. The highest BCUT2D eigenvalue weighted by atomic mass is 32.2. The molecule has 0 saturated heterocycles. The van der Waals surface area contributed by atoms with Crippen LogP contribution >= 0.6 is 0 Å². The van der Waals surface area contributed by atoms with Gasteiger partial charge in [-0.2, -0.15) is 18.3 Å². The molecule has 0 aliphatic rings. The van der Waals surface area contributed by atoms with Gasteiger partial charge in [-0.3, -0.25) is 10.00 Å². The summed E-state index contributed by atoms with van der Waals surface area (Å²) in [6.45, 7) is 1.32. The van der Waals surface area contributed by atoms with E-state index in [0.717, 1.165) is 18.5 Å². The van der Waals surface area contributed by atoms with Gasteiger partial charge < -0.3 is 5.32 Å². The molecule has 0 saturated carbocycles. The van der Waals surface area contributed by atoms with Crippen LogP contribution in [0.3, 0.4) is 0 Å². The van der Waals surface area contributed by atoms with Crippen molar-refractivity contribution in [2.75, 3.05) is 17.6 Å². The van der Waals surface area contributed by atoms with Crippen LogP contribution in [-0.4, -0.2) is 42.0 Å². The molecule has 1 aromatic heterocycles. The van der Waals surface area contributed by atoms with E-state index in [1.165, 1.54) is 4.68 Å². The molecule has 1 aromatic rings. The van der Waals surface area contributed by atoms with E-state index in [0.29, 0.717) is 5.82 Å². The Morgan fingerprint density at radius 3 is 2.59 bits per heavy atom. The monoisotopic (exact) mass is 342 g/mol. The van der Waals surface area contributed by atoms with Crippen molar-refractivity contribution in [3.63, 3.8) is 0 Å². The van der Waals surface area contributed by atoms with Gasteiger partial charge >= 0.3 is 11.5 Å². The molecule has 0 aliphatic carbocycles. The molecule has 0 atom stereocenters. The zero-order chi connectivity index (χ0) is 17.0. The molecular formula is C11H17F3N4O3S. The van der Waals surface area contributed by atoms with Crippen molar-refractivity contribution in [3.8, 4) is 0 Å².